The van der Waals surface area contributed by atoms with Crippen LogP contribution in [0.4, 0.5) is 0 Å². The predicted octanol–water partition coefficient (Wildman–Crippen LogP) is 2.55. The molecule has 1 aromatic heterocycles. The Morgan fingerprint density at radius 3 is 2.64 bits per heavy atom. The molecule has 6 nitrogen and oxygen atoms in total. The van der Waals surface area contributed by atoms with Crippen molar-refractivity contribution in [2.24, 2.45) is 4.99 Å². The molecule has 0 saturated carbocycles. The van der Waals surface area contributed by atoms with Gasteiger partial charge in [-0.1, -0.05) is 12.1 Å². The fourth-order valence-corrected chi connectivity index (χ4v) is 1.87. The number of ether oxygens (including phenoxy) is 2. The lowest BCUT2D eigenvalue weighted by atomic mass is 10.2. The van der Waals surface area contributed by atoms with Gasteiger partial charge in [-0.3, -0.25) is 4.79 Å². The van der Waals surface area contributed by atoms with Crippen LogP contribution in [0.15, 0.2) is 57.8 Å². The lowest BCUT2D eigenvalue weighted by Gasteiger charge is -2.00. The highest BCUT2D eigenvalue weighted by molar-refractivity contribution is 6.11. The molecule has 1 aliphatic heterocycles. The third-order valence-electron chi connectivity index (χ3n) is 2.80. The number of cyclic esters (lactones) is 1. The Morgan fingerprint density at radius 2 is 2.00 bits per heavy atom. The summed E-state index contributed by atoms with van der Waals surface area (Å²) >= 11 is 0. The van der Waals surface area contributed by atoms with Crippen molar-refractivity contribution in [2.45, 2.75) is 6.92 Å². The molecule has 1 aliphatic rings. The minimum absolute atomic E-state index is 0.137. The summed E-state index contributed by atoms with van der Waals surface area (Å²) in [5.41, 5.74) is 0.902. The van der Waals surface area contributed by atoms with E-state index >= 15 is 0 Å². The summed E-state index contributed by atoms with van der Waals surface area (Å²) in [6, 6.07) is 10.0. The van der Waals surface area contributed by atoms with E-state index in [1.54, 1.807) is 42.5 Å². The molecule has 22 heavy (non-hydrogen) atoms. The van der Waals surface area contributed by atoms with Gasteiger partial charge in [0, 0.05) is 6.92 Å². The van der Waals surface area contributed by atoms with Crippen LogP contribution in [0, 0.1) is 0 Å². The molecular formula is C16H11NO5. The van der Waals surface area contributed by atoms with Gasteiger partial charge in [-0.25, -0.2) is 9.79 Å². The molecule has 1 aromatic carbocycles. The van der Waals surface area contributed by atoms with Crippen molar-refractivity contribution >= 4 is 23.9 Å². The van der Waals surface area contributed by atoms with Crippen LogP contribution >= 0.6 is 0 Å². The van der Waals surface area contributed by atoms with Crippen LogP contribution in [0.2, 0.25) is 0 Å². The number of carbonyl (C=O) groups is 2. The first-order valence-electron chi connectivity index (χ1n) is 6.47. The smallest absolute Gasteiger partial charge is 0.363 e. The average molecular weight is 297 g/mol. The third-order valence-corrected chi connectivity index (χ3v) is 2.80. The van der Waals surface area contributed by atoms with Gasteiger partial charge in [0.1, 0.15) is 5.75 Å². The SMILES string of the molecule is CC(=O)Oc1ccc(/C=C2\N=C(c3ccco3)OC2=O)cc1. The van der Waals surface area contributed by atoms with Crippen LogP contribution in [0.1, 0.15) is 18.2 Å². The van der Waals surface area contributed by atoms with E-state index in [1.807, 2.05) is 0 Å². The third kappa shape index (κ3) is 2.95. The minimum Gasteiger partial charge on any atom is -0.459 e. The zero-order valence-electron chi connectivity index (χ0n) is 11.6. The van der Waals surface area contributed by atoms with Crippen LogP contribution in [-0.2, 0) is 14.3 Å². The number of carbonyl (C=O) groups excluding carboxylic acids is 2. The fraction of sp³-hybridized carbons (Fsp3) is 0.0625. The first-order chi connectivity index (χ1) is 10.6. The molecule has 0 radical (unpaired) electrons. The zero-order valence-corrected chi connectivity index (χ0v) is 11.6. The molecule has 110 valence electrons. The molecule has 0 unspecified atom stereocenters. The molecule has 0 atom stereocenters. The highest BCUT2D eigenvalue weighted by atomic mass is 16.6. The van der Waals surface area contributed by atoms with Crippen molar-refractivity contribution in [1.82, 2.24) is 0 Å². The van der Waals surface area contributed by atoms with Crippen molar-refractivity contribution in [3.05, 3.63) is 59.7 Å². The first-order valence-corrected chi connectivity index (χ1v) is 6.47. The molecule has 3 rings (SSSR count). The van der Waals surface area contributed by atoms with E-state index in [0.29, 0.717) is 11.5 Å². The van der Waals surface area contributed by atoms with Crippen LogP contribution in [0.25, 0.3) is 6.08 Å². The van der Waals surface area contributed by atoms with E-state index < -0.39 is 11.9 Å². The van der Waals surface area contributed by atoms with Crippen molar-refractivity contribution in [2.75, 3.05) is 0 Å². The standard InChI is InChI=1S/C16H11NO5/c1-10(18)21-12-6-4-11(5-7-12)9-13-16(19)22-15(17-13)14-3-2-8-20-14/h2-9H,1H3/b13-9-. The van der Waals surface area contributed by atoms with Gasteiger partial charge < -0.3 is 13.9 Å². The van der Waals surface area contributed by atoms with Crippen molar-refractivity contribution < 1.29 is 23.5 Å². The van der Waals surface area contributed by atoms with Crippen LogP contribution in [-0.4, -0.2) is 17.8 Å². The van der Waals surface area contributed by atoms with E-state index in [4.69, 9.17) is 13.9 Å². The number of benzene rings is 1. The number of rotatable bonds is 3. The van der Waals surface area contributed by atoms with E-state index in [9.17, 15) is 9.59 Å². The summed E-state index contributed by atoms with van der Waals surface area (Å²) in [5, 5.41) is 0. The topological polar surface area (TPSA) is 78.1 Å². The molecule has 6 heteroatoms. The van der Waals surface area contributed by atoms with Gasteiger partial charge in [-0.05, 0) is 35.9 Å². The summed E-state index contributed by atoms with van der Waals surface area (Å²) < 4.78 is 15.1. The molecule has 0 aliphatic carbocycles. The molecular weight excluding hydrogens is 286 g/mol. The molecule has 2 aromatic rings. The maximum Gasteiger partial charge on any atom is 0.363 e. The van der Waals surface area contributed by atoms with Gasteiger partial charge in [-0.2, -0.15) is 0 Å². The minimum atomic E-state index is -0.546. The summed E-state index contributed by atoms with van der Waals surface area (Å²) in [6.07, 6.45) is 3.05. The summed E-state index contributed by atoms with van der Waals surface area (Å²) in [4.78, 5) is 26.7. The highest BCUT2D eigenvalue weighted by Crippen LogP contribution is 2.20. The molecule has 0 bridgehead atoms. The number of furan rings is 1. The Labute approximate surface area is 125 Å². The molecule has 0 N–H and O–H groups in total. The first kappa shape index (κ1) is 13.8. The molecule has 0 spiro atoms. The van der Waals surface area contributed by atoms with Gasteiger partial charge in [-0.15, -0.1) is 0 Å². The fourth-order valence-electron chi connectivity index (χ4n) is 1.87. The lowest BCUT2D eigenvalue weighted by Crippen LogP contribution is -2.04. The number of nitrogens with zero attached hydrogens (tertiary/aromatic N) is 1. The van der Waals surface area contributed by atoms with Crippen LogP contribution in [0.3, 0.4) is 0 Å². The Kier molecular flexibility index (Phi) is 3.57. The largest absolute Gasteiger partial charge is 0.459 e. The van der Waals surface area contributed by atoms with Crippen LogP contribution in [0.5, 0.6) is 5.75 Å². The number of aliphatic imine (C=N–C) groups is 1. The zero-order chi connectivity index (χ0) is 15.5. The van der Waals surface area contributed by atoms with E-state index in [1.165, 1.54) is 13.2 Å². The molecule has 0 amide bonds. The van der Waals surface area contributed by atoms with E-state index in [-0.39, 0.29) is 11.6 Å². The maximum absolute atomic E-state index is 11.8. The van der Waals surface area contributed by atoms with Crippen molar-refractivity contribution in [1.29, 1.82) is 0 Å². The molecule has 0 fully saturated rings. The van der Waals surface area contributed by atoms with Gasteiger partial charge >= 0.3 is 11.9 Å². The number of esters is 2. The predicted molar refractivity (Wildman–Crippen MR) is 77.1 cm³/mol. The Balaban J connectivity index is 1.82. The van der Waals surface area contributed by atoms with Crippen LogP contribution < -0.4 is 4.74 Å². The van der Waals surface area contributed by atoms with Gasteiger partial charge in [0.25, 0.3) is 5.90 Å². The number of hydrogen-bond donors (Lipinski definition) is 0. The monoisotopic (exact) mass is 297 g/mol. The quantitative estimate of drug-likeness (QED) is 0.494. The summed E-state index contributed by atoms with van der Waals surface area (Å²) in [6.45, 7) is 1.33. The molecule has 0 saturated heterocycles. The molecule has 2 heterocycles. The second kappa shape index (κ2) is 5.69. The van der Waals surface area contributed by atoms with Crippen molar-refractivity contribution in [3.63, 3.8) is 0 Å². The van der Waals surface area contributed by atoms with Gasteiger partial charge in [0.2, 0.25) is 0 Å². The second-order valence-corrected chi connectivity index (χ2v) is 4.48. The Bertz CT molecular complexity index is 769. The van der Waals surface area contributed by atoms with Crippen molar-refractivity contribution in [3.8, 4) is 5.75 Å². The van der Waals surface area contributed by atoms with Gasteiger partial charge in [0.15, 0.2) is 11.5 Å². The lowest BCUT2D eigenvalue weighted by molar-refractivity contribution is -0.132. The average Bonchev–Trinajstić information content (AvgIpc) is 3.11. The van der Waals surface area contributed by atoms with E-state index in [0.717, 1.165) is 5.56 Å². The Morgan fingerprint density at radius 1 is 1.23 bits per heavy atom. The Hall–Kier alpha value is -3.15. The van der Waals surface area contributed by atoms with Gasteiger partial charge in [0.05, 0.1) is 6.26 Å². The second-order valence-electron chi connectivity index (χ2n) is 4.48. The normalized spacial score (nSPS) is 15.6. The van der Waals surface area contributed by atoms with E-state index in [2.05, 4.69) is 4.99 Å². The summed E-state index contributed by atoms with van der Waals surface area (Å²) in [7, 11) is 0. The number of hydrogen-bond acceptors (Lipinski definition) is 6. The summed E-state index contributed by atoms with van der Waals surface area (Å²) in [5.74, 6) is 0.0248. The highest BCUT2D eigenvalue weighted by Gasteiger charge is 2.25. The maximum atomic E-state index is 11.8.